The number of hydrogen-bond donors (Lipinski definition) is 0. The average Bonchev–Trinajstić information content (AvgIpc) is 3.24. The number of hydrogen-bond acceptors (Lipinski definition) is 2. The zero-order valence-electron chi connectivity index (χ0n) is 13.4. The van der Waals surface area contributed by atoms with Crippen molar-refractivity contribution in [3.05, 3.63) is 60.4 Å². The maximum Gasteiger partial charge on any atom is 0.282 e. The summed E-state index contributed by atoms with van der Waals surface area (Å²) in [5.41, 5.74) is 1.01. The van der Waals surface area contributed by atoms with E-state index in [9.17, 15) is 8.42 Å². The molecule has 1 aromatic carbocycles. The highest BCUT2D eigenvalue weighted by atomic mass is 32.2. The van der Waals surface area contributed by atoms with E-state index >= 15 is 0 Å². The standard InChI is InChI=1S/C17H23N3O2S/c1-2-19(14-16-8-4-3-5-9-16)23(21,22)20-13-10-17(15-20)18-11-6-7-12-18/h3-9,11-12,17H,2,10,13-15H2,1H3. The number of rotatable bonds is 6. The zero-order chi connectivity index (χ0) is 16.3. The topological polar surface area (TPSA) is 45.6 Å². The van der Waals surface area contributed by atoms with Crippen LogP contribution in [0.1, 0.15) is 24.9 Å². The fourth-order valence-corrected chi connectivity index (χ4v) is 4.72. The SMILES string of the molecule is CCN(Cc1ccccc1)S(=O)(=O)N1CCC(n2cccc2)C1. The second-order valence-electron chi connectivity index (χ2n) is 5.85. The highest BCUT2D eigenvalue weighted by molar-refractivity contribution is 7.86. The molecule has 1 aliphatic heterocycles. The monoisotopic (exact) mass is 333 g/mol. The Hall–Kier alpha value is -1.63. The summed E-state index contributed by atoms with van der Waals surface area (Å²) in [6.07, 6.45) is 4.86. The Balaban J connectivity index is 1.72. The van der Waals surface area contributed by atoms with Gasteiger partial charge in [-0.15, -0.1) is 0 Å². The van der Waals surface area contributed by atoms with Gasteiger partial charge in [-0.3, -0.25) is 0 Å². The van der Waals surface area contributed by atoms with Gasteiger partial charge in [-0.05, 0) is 24.1 Å². The highest BCUT2D eigenvalue weighted by Gasteiger charge is 2.35. The minimum atomic E-state index is -3.42. The van der Waals surface area contributed by atoms with E-state index in [-0.39, 0.29) is 6.04 Å². The van der Waals surface area contributed by atoms with Crippen molar-refractivity contribution >= 4 is 10.2 Å². The fourth-order valence-electron chi connectivity index (χ4n) is 3.06. The van der Waals surface area contributed by atoms with Gasteiger partial charge in [0.25, 0.3) is 10.2 Å². The average molecular weight is 333 g/mol. The van der Waals surface area contributed by atoms with E-state index in [4.69, 9.17) is 0 Å². The van der Waals surface area contributed by atoms with Gasteiger partial charge in [0.1, 0.15) is 0 Å². The molecule has 0 spiro atoms. The lowest BCUT2D eigenvalue weighted by atomic mass is 10.2. The lowest BCUT2D eigenvalue weighted by molar-refractivity contribution is 0.359. The third-order valence-electron chi connectivity index (χ3n) is 4.38. The molecule has 5 nitrogen and oxygen atoms in total. The van der Waals surface area contributed by atoms with E-state index in [1.54, 1.807) is 8.61 Å². The first kappa shape index (κ1) is 16.2. The number of nitrogens with zero attached hydrogens (tertiary/aromatic N) is 3. The first-order valence-corrected chi connectivity index (χ1v) is 9.42. The normalized spacial score (nSPS) is 19.5. The van der Waals surface area contributed by atoms with Crippen molar-refractivity contribution < 1.29 is 8.42 Å². The minimum Gasteiger partial charge on any atom is -0.350 e. The molecule has 0 N–H and O–H groups in total. The molecule has 0 aliphatic carbocycles. The van der Waals surface area contributed by atoms with E-state index in [1.165, 1.54) is 0 Å². The predicted octanol–water partition coefficient (Wildman–Crippen LogP) is 2.50. The Labute approximate surface area is 138 Å². The number of aromatic nitrogens is 1. The Morgan fingerprint density at radius 1 is 1.13 bits per heavy atom. The molecule has 1 aliphatic rings. The first-order valence-electron chi connectivity index (χ1n) is 8.03. The van der Waals surface area contributed by atoms with Crippen LogP contribution in [-0.4, -0.2) is 41.2 Å². The summed E-state index contributed by atoms with van der Waals surface area (Å²) in [6, 6.07) is 13.9. The van der Waals surface area contributed by atoms with E-state index in [0.29, 0.717) is 26.2 Å². The summed E-state index contributed by atoms with van der Waals surface area (Å²) in [4.78, 5) is 0. The van der Waals surface area contributed by atoms with Crippen LogP contribution in [0.25, 0.3) is 0 Å². The van der Waals surface area contributed by atoms with Crippen LogP contribution in [0.2, 0.25) is 0 Å². The molecular formula is C17H23N3O2S. The number of benzene rings is 1. The van der Waals surface area contributed by atoms with Crippen LogP contribution in [0.3, 0.4) is 0 Å². The van der Waals surface area contributed by atoms with Crippen molar-refractivity contribution in [2.45, 2.75) is 25.9 Å². The third kappa shape index (κ3) is 3.49. The third-order valence-corrected chi connectivity index (χ3v) is 6.41. The lowest BCUT2D eigenvalue weighted by Gasteiger charge is -2.26. The smallest absolute Gasteiger partial charge is 0.282 e. The van der Waals surface area contributed by atoms with Crippen LogP contribution in [0.15, 0.2) is 54.9 Å². The molecular weight excluding hydrogens is 310 g/mol. The highest BCUT2D eigenvalue weighted by Crippen LogP contribution is 2.26. The molecule has 1 saturated heterocycles. The van der Waals surface area contributed by atoms with Crippen molar-refractivity contribution in [3.8, 4) is 0 Å². The van der Waals surface area contributed by atoms with E-state index in [0.717, 1.165) is 12.0 Å². The van der Waals surface area contributed by atoms with Crippen LogP contribution in [0.4, 0.5) is 0 Å². The van der Waals surface area contributed by atoms with Crippen LogP contribution in [0, 0.1) is 0 Å². The molecule has 23 heavy (non-hydrogen) atoms. The largest absolute Gasteiger partial charge is 0.350 e. The molecule has 0 amide bonds. The van der Waals surface area contributed by atoms with Gasteiger partial charge in [-0.1, -0.05) is 37.3 Å². The summed E-state index contributed by atoms with van der Waals surface area (Å²) < 4.78 is 31.1. The molecule has 1 fully saturated rings. The summed E-state index contributed by atoms with van der Waals surface area (Å²) in [5.74, 6) is 0. The van der Waals surface area contributed by atoms with Gasteiger partial charge in [0.15, 0.2) is 0 Å². The second kappa shape index (κ2) is 6.86. The molecule has 0 saturated carbocycles. The molecule has 1 atom stereocenters. The zero-order valence-corrected chi connectivity index (χ0v) is 14.2. The van der Waals surface area contributed by atoms with Crippen molar-refractivity contribution in [3.63, 3.8) is 0 Å². The molecule has 124 valence electrons. The van der Waals surface area contributed by atoms with Crippen molar-refractivity contribution in [1.29, 1.82) is 0 Å². The van der Waals surface area contributed by atoms with Gasteiger partial charge in [0, 0.05) is 44.6 Å². The molecule has 3 rings (SSSR count). The van der Waals surface area contributed by atoms with Gasteiger partial charge in [0.05, 0.1) is 0 Å². The molecule has 2 aromatic rings. The van der Waals surface area contributed by atoms with Crippen molar-refractivity contribution in [2.24, 2.45) is 0 Å². The summed E-state index contributed by atoms with van der Waals surface area (Å²) >= 11 is 0. The molecule has 6 heteroatoms. The maximum absolute atomic E-state index is 12.9. The van der Waals surface area contributed by atoms with Gasteiger partial charge < -0.3 is 4.57 Å². The summed E-state index contributed by atoms with van der Waals surface area (Å²) in [7, 11) is -3.42. The minimum absolute atomic E-state index is 0.232. The molecule has 1 aromatic heterocycles. The maximum atomic E-state index is 12.9. The second-order valence-corrected chi connectivity index (χ2v) is 7.78. The van der Waals surface area contributed by atoms with Gasteiger partial charge in [-0.2, -0.15) is 17.0 Å². The van der Waals surface area contributed by atoms with Crippen LogP contribution < -0.4 is 0 Å². The van der Waals surface area contributed by atoms with Crippen LogP contribution in [0.5, 0.6) is 0 Å². The first-order chi connectivity index (χ1) is 11.1. The van der Waals surface area contributed by atoms with E-state index < -0.39 is 10.2 Å². The van der Waals surface area contributed by atoms with Crippen LogP contribution in [-0.2, 0) is 16.8 Å². The molecule has 2 heterocycles. The Bertz CT molecular complexity index is 714. The quantitative estimate of drug-likeness (QED) is 0.815. The summed E-state index contributed by atoms with van der Waals surface area (Å²) in [6.45, 7) is 3.91. The van der Waals surface area contributed by atoms with Crippen molar-refractivity contribution in [2.75, 3.05) is 19.6 Å². The predicted molar refractivity (Wildman–Crippen MR) is 91.1 cm³/mol. The van der Waals surface area contributed by atoms with Gasteiger partial charge in [0.2, 0.25) is 0 Å². The van der Waals surface area contributed by atoms with Crippen molar-refractivity contribution in [1.82, 2.24) is 13.2 Å². The molecule has 1 unspecified atom stereocenters. The fraction of sp³-hybridized carbons (Fsp3) is 0.412. The Morgan fingerprint density at radius 3 is 2.48 bits per heavy atom. The van der Waals surface area contributed by atoms with E-state index in [2.05, 4.69) is 4.57 Å². The van der Waals surface area contributed by atoms with Crippen LogP contribution >= 0.6 is 0 Å². The van der Waals surface area contributed by atoms with Gasteiger partial charge >= 0.3 is 0 Å². The summed E-state index contributed by atoms with van der Waals surface area (Å²) in [5, 5.41) is 0. The molecule has 0 bridgehead atoms. The molecule has 0 radical (unpaired) electrons. The lowest BCUT2D eigenvalue weighted by Crippen LogP contribution is -2.42. The van der Waals surface area contributed by atoms with Gasteiger partial charge in [-0.25, -0.2) is 0 Å². The van der Waals surface area contributed by atoms with E-state index in [1.807, 2.05) is 61.8 Å². The Morgan fingerprint density at radius 2 is 1.83 bits per heavy atom. The Kier molecular flexibility index (Phi) is 4.84.